The Morgan fingerprint density at radius 2 is 1.84 bits per heavy atom. The molecule has 0 aliphatic rings. The smallest absolute Gasteiger partial charge is 0.326 e. The number of hydrogen-bond acceptors (Lipinski definition) is 6. The van der Waals surface area contributed by atoms with Crippen LogP contribution in [0.4, 0.5) is 8.78 Å². The molecule has 11 heteroatoms. The number of benzene rings is 2. The van der Waals surface area contributed by atoms with E-state index in [4.69, 9.17) is 4.74 Å². The number of thiazole rings is 1. The van der Waals surface area contributed by atoms with Gasteiger partial charge >= 0.3 is 5.97 Å². The van der Waals surface area contributed by atoms with Crippen molar-refractivity contribution in [3.63, 3.8) is 0 Å². The molecule has 32 heavy (non-hydrogen) atoms. The van der Waals surface area contributed by atoms with E-state index in [0.717, 1.165) is 23.5 Å². The number of halogens is 2. The first-order valence-electron chi connectivity index (χ1n) is 9.70. The van der Waals surface area contributed by atoms with Gasteiger partial charge in [-0.3, -0.25) is 9.59 Å². The van der Waals surface area contributed by atoms with Gasteiger partial charge in [-0.2, -0.15) is 4.99 Å². The fourth-order valence-corrected chi connectivity index (χ4v) is 5.36. The first-order chi connectivity index (χ1) is 15.2. The highest BCUT2D eigenvalue weighted by Crippen LogP contribution is 2.20. The predicted octanol–water partition coefficient (Wildman–Crippen LogP) is 3.23. The molecule has 0 aliphatic heterocycles. The quantitative estimate of drug-likeness (QED) is 0.363. The van der Waals surface area contributed by atoms with Crippen molar-refractivity contribution in [2.75, 3.05) is 12.4 Å². The Balaban J connectivity index is 1.79. The molecule has 0 bridgehead atoms. The maximum absolute atomic E-state index is 14.4. The number of fused-ring (bicyclic) bond motifs is 1. The van der Waals surface area contributed by atoms with Crippen molar-refractivity contribution >= 4 is 43.3 Å². The van der Waals surface area contributed by atoms with Crippen LogP contribution in [-0.4, -0.2) is 37.2 Å². The predicted molar refractivity (Wildman–Crippen MR) is 115 cm³/mol. The third-order valence-electron chi connectivity index (χ3n) is 4.44. The number of sulfone groups is 1. The molecule has 0 spiro atoms. The molecule has 0 atom stereocenters. The molecular weight excluding hydrogens is 462 g/mol. The van der Waals surface area contributed by atoms with E-state index in [1.165, 1.54) is 28.8 Å². The van der Waals surface area contributed by atoms with Gasteiger partial charge in [0.05, 0.1) is 27.5 Å². The van der Waals surface area contributed by atoms with Gasteiger partial charge in [0.15, 0.2) is 14.6 Å². The number of hydrogen-bond donors (Lipinski definition) is 0. The Hall–Kier alpha value is -2.92. The Bertz CT molecular complexity index is 1310. The number of nitrogens with zero attached hydrogens (tertiary/aromatic N) is 2. The fraction of sp³-hybridized carbons (Fsp3) is 0.286. The molecule has 1 heterocycles. The molecule has 0 N–H and O–H groups in total. The zero-order chi connectivity index (χ0) is 23.3. The molecule has 0 aliphatic carbocycles. The highest BCUT2D eigenvalue weighted by atomic mass is 32.2. The van der Waals surface area contributed by atoms with Crippen LogP contribution in [0.2, 0.25) is 0 Å². The molecule has 1 amide bonds. The largest absolute Gasteiger partial charge is 0.465 e. The maximum Gasteiger partial charge on any atom is 0.326 e. The lowest BCUT2D eigenvalue weighted by Crippen LogP contribution is -2.23. The fourth-order valence-electron chi connectivity index (χ4n) is 2.99. The van der Waals surface area contributed by atoms with Crippen molar-refractivity contribution in [3.05, 3.63) is 58.9 Å². The zero-order valence-electron chi connectivity index (χ0n) is 17.1. The SMILES string of the molecule is CCOC(=O)Cn1c(=NC(=O)CCCS(=O)(=O)c2ccc(F)cc2)sc2cccc(F)c21. The maximum atomic E-state index is 14.4. The van der Waals surface area contributed by atoms with Crippen LogP contribution < -0.4 is 4.80 Å². The van der Waals surface area contributed by atoms with Crippen molar-refractivity contribution in [2.24, 2.45) is 4.99 Å². The van der Waals surface area contributed by atoms with Crippen LogP contribution in [0.1, 0.15) is 19.8 Å². The van der Waals surface area contributed by atoms with Gasteiger partial charge in [-0.05, 0) is 49.7 Å². The molecule has 0 saturated carbocycles. The van der Waals surface area contributed by atoms with E-state index in [1.54, 1.807) is 13.0 Å². The molecule has 0 saturated heterocycles. The summed E-state index contributed by atoms with van der Waals surface area (Å²) in [6.07, 6.45) is -0.171. The van der Waals surface area contributed by atoms with Gasteiger partial charge in [-0.15, -0.1) is 0 Å². The highest BCUT2D eigenvalue weighted by molar-refractivity contribution is 7.91. The Morgan fingerprint density at radius 3 is 2.53 bits per heavy atom. The van der Waals surface area contributed by atoms with E-state index >= 15 is 0 Å². The molecular formula is C21H20F2N2O5S2. The van der Waals surface area contributed by atoms with Crippen LogP contribution in [0, 0.1) is 11.6 Å². The minimum atomic E-state index is -3.68. The average molecular weight is 483 g/mol. The summed E-state index contributed by atoms with van der Waals surface area (Å²) >= 11 is 1.04. The lowest BCUT2D eigenvalue weighted by molar-refractivity contribution is -0.143. The van der Waals surface area contributed by atoms with E-state index in [9.17, 15) is 26.8 Å². The normalized spacial score (nSPS) is 12.3. The van der Waals surface area contributed by atoms with Gasteiger partial charge in [0.2, 0.25) is 5.91 Å². The van der Waals surface area contributed by atoms with Crippen LogP contribution in [0.15, 0.2) is 52.4 Å². The summed E-state index contributed by atoms with van der Waals surface area (Å²) in [5.74, 6) is -2.64. The Kier molecular flexibility index (Phi) is 7.52. The summed E-state index contributed by atoms with van der Waals surface area (Å²) in [7, 11) is -3.68. The standard InChI is InChI=1S/C21H20F2N2O5S2/c1-2-30-19(27)13-25-20-16(23)5-3-6-17(20)31-21(25)24-18(26)7-4-12-32(28,29)15-10-8-14(22)9-11-15/h3,5-6,8-11H,2,4,7,12-13H2,1H3. The molecule has 0 fully saturated rings. The van der Waals surface area contributed by atoms with Crippen molar-refractivity contribution < 1.29 is 31.5 Å². The second-order valence-corrected chi connectivity index (χ2v) is 9.86. The molecule has 2 aromatic carbocycles. The van der Waals surface area contributed by atoms with Crippen molar-refractivity contribution in [1.82, 2.24) is 4.57 Å². The van der Waals surface area contributed by atoms with Crippen molar-refractivity contribution in [2.45, 2.75) is 31.2 Å². The summed E-state index contributed by atoms with van der Waals surface area (Å²) in [6, 6.07) is 8.83. The number of ether oxygens (including phenoxy) is 1. The molecule has 3 aromatic rings. The molecule has 1 aromatic heterocycles. The average Bonchev–Trinajstić information content (AvgIpc) is 3.06. The monoisotopic (exact) mass is 482 g/mol. The minimum absolute atomic E-state index is 0.000818. The Labute approximate surface area is 186 Å². The number of amides is 1. The summed E-state index contributed by atoms with van der Waals surface area (Å²) < 4.78 is 58.7. The van der Waals surface area contributed by atoms with E-state index in [2.05, 4.69) is 4.99 Å². The van der Waals surface area contributed by atoms with Crippen LogP contribution in [-0.2, 0) is 30.7 Å². The molecule has 7 nitrogen and oxygen atoms in total. The van der Waals surface area contributed by atoms with E-state index < -0.39 is 33.3 Å². The lowest BCUT2D eigenvalue weighted by atomic mass is 10.3. The number of para-hydroxylation sites is 1. The third-order valence-corrected chi connectivity index (χ3v) is 7.30. The minimum Gasteiger partial charge on any atom is -0.465 e. The second kappa shape index (κ2) is 10.1. The van der Waals surface area contributed by atoms with Gasteiger partial charge in [0, 0.05) is 6.42 Å². The molecule has 3 rings (SSSR count). The highest BCUT2D eigenvalue weighted by Gasteiger charge is 2.17. The lowest BCUT2D eigenvalue weighted by Gasteiger charge is -2.06. The Morgan fingerprint density at radius 1 is 1.12 bits per heavy atom. The second-order valence-electron chi connectivity index (χ2n) is 6.74. The van der Waals surface area contributed by atoms with Crippen LogP contribution in [0.25, 0.3) is 10.2 Å². The van der Waals surface area contributed by atoms with Gasteiger partial charge in [-0.25, -0.2) is 17.2 Å². The topological polar surface area (TPSA) is 94.8 Å². The van der Waals surface area contributed by atoms with E-state index in [0.29, 0.717) is 4.70 Å². The van der Waals surface area contributed by atoms with E-state index in [1.807, 2.05) is 0 Å². The number of esters is 1. The van der Waals surface area contributed by atoms with Gasteiger partial charge < -0.3 is 9.30 Å². The molecule has 0 unspecified atom stereocenters. The van der Waals surface area contributed by atoms with Crippen LogP contribution in [0.5, 0.6) is 0 Å². The van der Waals surface area contributed by atoms with Gasteiger partial charge in [-0.1, -0.05) is 17.4 Å². The number of aromatic nitrogens is 1. The first-order valence-corrected chi connectivity index (χ1v) is 12.2. The number of rotatable bonds is 8. The van der Waals surface area contributed by atoms with Gasteiger partial charge in [0.25, 0.3) is 0 Å². The van der Waals surface area contributed by atoms with Crippen LogP contribution in [0.3, 0.4) is 0 Å². The molecule has 0 radical (unpaired) electrons. The van der Waals surface area contributed by atoms with Gasteiger partial charge in [0.1, 0.15) is 18.2 Å². The number of carbonyl (C=O) groups is 2. The van der Waals surface area contributed by atoms with Crippen molar-refractivity contribution in [3.8, 4) is 0 Å². The first kappa shape index (κ1) is 23.7. The number of carbonyl (C=O) groups excluding carboxylic acids is 2. The van der Waals surface area contributed by atoms with Crippen LogP contribution >= 0.6 is 11.3 Å². The third kappa shape index (κ3) is 5.65. The summed E-state index contributed by atoms with van der Waals surface area (Å²) in [6.45, 7) is 1.47. The molecule has 170 valence electrons. The summed E-state index contributed by atoms with van der Waals surface area (Å²) in [4.78, 5) is 28.4. The van der Waals surface area contributed by atoms with Crippen molar-refractivity contribution in [1.29, 1.82) is 0 Å². The summed E-state index contributed by atoms with van der Waals surface area (Å²) in [5.41, 5.74) is 0.135. The summed E-state index contributed by atoms with van der Waals surface area (Å²) in [5, 5.41) is 0. The van der Waals surface area contributed by atoms with E-state index in [-0.39, 0.29) is 47.0 Å². The zero-order valence-corrected chi connectivity index (χ0v) is 18.7.